The van der Waals surface area contributed by atoms with Crippen molar-refractivity contribution in [3.05, 3.63) is 77.9 Å². The quantitative estimate of drug-likeness (QED) is 0.516. The van der Waals surface area contributed by atoms with E-state index in [1.165, 1.54) is 6.07 Å². The van der Waals surface area contributed by atoms with Crippen LogP contribution in [-0.4, -0.2) is 14.3 Å². The fraction of sp³-hybridized carbons (Fsp3) is 0. The number of anilines is 2. The van der Waals surface area contributed by atoms with Crippen LogP contribution in [0.5, 0.6) is 0 Å². The number of rotatable bonds is 5. The van der Waals surface area contributed by atoms with Crippen molar-refractivity contribution in [3.63, 3.8) is 0 Å². The molecule has 0 atom stereocenters. The van der Waals surface area contributed by atoms with Gasteiger partial charge < -0.3 is 9.73 Å². The molecule has 0 saturated carbocycles. The van der Waals surface area contributed by atoms with Gasteiger partial charge in [0.15, 0.2) is 5.76 Å². The van der Waals surface area contributed by atoms with E-state index in [0.29, 0.717) is 11.3 Å². The van der Waals surface area contributed by atoms with E-state index in [0.717, 1.165) is 16.7 Å². The van der Waals surface area contributed by atoms with Gasteiger partial charge in [0.2, 0.25) is 0 Å². The molecule has 2 aromatic heterocycles. The van der Waals surface area contributed by atoms with Gasteiger partial charge in [-0.1, -0.05) is 36.4 Å². The summed E-state index contributed by atoms with van der Waals surface area (Å²) in [5, 5.41) is 5.20. The van der Waals surface area contributed by atoms with Crippen LogP contribution in [0.15, 0.2) is 80.7 Å². The van der Waals surface area contributed by atoms with Crippen LogP contribution in [0.4, 0.5) is 11.4 Å². The molecular weight excluding hydrogens is 384 g/mol. The third kappa shape index (κ3) is 3.57. The molecule has 2 N–H and O–H groups in total. The van der Waals surface area contributed by atoms with Gasteiger partial charge in [0.25, 0.3) is 15.9 Å². The molecule has 0 saturated heterocycles. The Morgan fingerprint density at radius 1 is 0.926 bits per heavy atom. The van der Waals surface area contributed by atoms with Gasteiger partial charge in [-0.3, -0.25) is 9.52 Å². The molecule has 4 aromatic rings. The zero-order chi connectivity index (χ0) is 18.9. The molecular formula is C19H14N2O4S2. The standard InChI is InChI=1S/C19H14N2O4S2/c22-19(17-12-13-6-1-4-9-16(13)25-17)20-14-7-2-3-8-15(14)21-27(23,24)18-10-5-11-26-18/h1-12,21H,(H,20,22). The minimum Gasteiger partial charge on any atom is -0.451 e. The molecule has 136 valence electrons. The van der Waals surface area contributed by atoms with Gasteiger partial charge in [-0.25, -0.2) is 8.42 Å². The second-order valence-corrected chi connectivity index (χ2v) is 8.54. The van der Waals surface area contributed by atoms with E-state index in [2.05, 4.69) is 10.0 Å². The Kier molecular flexibility index (Phi) is 4.43. The first kappa shape index (κ1) is 17.3. The summed E-state index contributed by atoms with van der Waals surface area (Å²) >= 11 is 1.12. The van der Waals surface area contributed by atoms with Gasteiger partial charge in [-0.05, 0) is 35.7 Å². The Labute approximate surface area is 159 Å². The van der Waals surface area contributed by atoms with Crippen molar-refractivity contribution in [2.45, 2.75) is 4.21 Å². The van der Waals surface area contributed by atoms with E-state index >= 15 is 0 Å². The van der Waals surface area contributed by atoms with Gasteiger partial charge in [0.05, 0.1) is 11.4 Å². The van der Waals surface area contributed by atoms with Crippen molar-refractivity contribution in [1.29, 1.82) is 0 Å². The summed E-state index contributed by atoms with van der Waals surface area (Å²) < 4.78 is 33.2. The number of fused-ring (bicyclic) bond motifs is 1. The zero-order valence-corrected chi connectivity index (χ0v) is 15.5. The molecule has 0 aliphatic rings. The van der Waals surface area contributed by atoms with Crippen LogP contribution in [-0.2, 0) is 10.0 Å². The molecule has 2 heterocycles. The van der Waals surface area contributed by atoms with Crippen molar-refractivity contribution in [1.82, 2.24) is 0 Å². The molecule has 0 radical (unpaired) electrons. The summed E-state index contributed by atoms with van der Waals surface area (Å²) in [5.41, 5.74) is 1.22. The van der Waals surface area contributed by atoms with Crippen molar-refractivity contribution in [2.75, 3.05) is 10.0 Å². The molecule has 0 unspecified atom stereocenters. The van der Waals surface area contributed by atoms with Crippen LogP contribution in [0.1, 0.15) is 10.6 Å². The first-order valence-corrected chi connectivity index (χ1v) is 10.3. The van der Waals surface area contributed by atoms with Crippen LogP contribution in [0, 0.1) is 0 Å². The topological polar surface area (TPSA) is 88.4 Å². The van der Waals surface area contributed by atoms with Gasteiger partial charge in [-0.2, -0.15) is 0 Å². The minimum absolute atomic E-state index is 0.145. The van der Waals surface area contributed by atoms with Crippen LogP contribution in [0.2, 0.25) is 0 Å². The maximum atomic E-state index is 12.6. The summed E-state index contributed by atoms with van der Waals surface area (Å²) in [4.78, 5) is 12.6. The molecule has 1 amide bonds. The van der Waals surface area contributed by atoms with Crippen molar-refractivity contribution in [3.8, 4) is 0 Å². The van der Waals surface area contributed by atoms with Crippen LogP contribution < -0.4 is 10.0 Å². The number of carbonyl (C=O) groups excluding carboxylic acids is 1. The van der Waals surface area contributed by atoms with Crippen LogP contribution in [0.3, 0.4) is 0 Å². The summed E-state index contributed by atoms with van der Waals surface area (Å²) in [6.45, 7) is 0. The number of para-hydroxylation sites is 3. The summed E-state index contributed by atoms with van der Waals surface area (Å²) in [6, 6.07) is 18.7. The second-order valence-electron chi connectivity index (χ2n) is 5.69. The van der Waals surface area contributed by atoms with E-state index in [1.54, 1.807) is 47.8 Å². The zero-order valence-electron chi connectivity index (χ0n) is 13.9. The van der Waals surface area contributed by atoms with E-state index in [1.807, 2.05) is 18.2 Å². The SMILES string of the molecule is O=C(Nc1ccccc1NS(=O)(=O)c1cccs1)c1cc2ccccc2o1. The number of carbonyl (C=O) groups is 1. The Bertz CT molecular complexity index is 1180. The van der Waals surface area contributed by atoms with E-state index in [-0.39, 0.29) is 15.7 Å². The highest BCUT2D eigenvalue weighted by atomic mass is 32.2. The number of hydrogen-bond acceptors (Lipinski definition) is 5. The predicted octanol–water partition coefficient (Wildman–Crippen LogP) is 4.55. The highest BCUT2D eigenvalue weighted by Crippen LogP contribution is 2.27. The van der Waals surface area contributed by atoms with Gasteiger partial charge in [0.1, 0.15) is 9.79 Å². The van der Waals surface area contributed by atoms with Crippen molar-refractivity contribution < 1.29 is 17.6 Å². The minimum atomic E-state index is -3.72. The third-order valence-corrected chi connectivity index (χ3v) is 6.59. The van der Waals surface area contributed by atoms with Gasteiger partial charge >= 0.3 is 0 Å². The predicted molar refractivity (Wildman–Crippen MR) is 106 cm³/mol. The lowest BCUT2D eigenvalue weighted by Gasteiger charge is -2.12. The van der Waals surface area contributed by atoms with Crippen molar-refractivity contribution >= 4 is 49.6 Å². The monoisotopic (exact) mass is 398 g/mol. The van der Waals surface area contributed by atoms with Crippen molar-refractivity contribution in [2.24, 2.45) is 0 Å². The number of thiophene rings is 1. The lowest BCUT2D eigenvalue weighted by molar-refractivity contribution is 0.0998. The summed E-state index contributed by atoms with van der Waals surface area (Å²) in [5.74, 6) is -0.318. The molecule has 0 fully saturated rings. The number of hydrogen-bond donors (Lipinski definition) is 2. The van der Waals surface area contributed by atoms with E-state index < -0.39 is 15.9 Å². The fourth-order valence-corrected chi connectivity index (χ4v) is 4.64. The average molecular weight is 398 g/mol. The molecule has 0 aliphatic heterocycles. The maximum Gasteiger partial charge on any atom is 0.291 e. The highest BCUT2D eigenvalue weighted by Gasteiger charge is 2.19. The molecule has 4 rings (SSSR count). The molecule has 0 aliphatic carbocycles. The number of sulfonamides is 1. The average Bonchev–Trinajstić information content (AvgIpc) is 3.33. The lowest BCUT2D eigenvalue weighted by atomic mass is 10.2. The molecule has 0 spiro atoms. The Morgan fingerprint density at radius 3 is 2.41 bits per heavy atom. The van der Waals surface area contributed by atoms with E-state index in [9.17, 15) is 13.2 Å². The normalized spacial score (nSPS) is 11.4. The molecule has 27 heavy (non-hydrogen) atoms. The number of nitrogens with one attached hydrogen (secondary N) is 2. The van der Waals surface area contributed by atoms with Crippen LogP contribution >= 0.6 is 11.3 Å². The summed E-state index contributed by atoms with van der Waals surface area (Å²) in [6.07, 6.45) is 0. The molecule has 8 heteroatoms. The number of furan rings is 1. The Morgan fingerprint density at radius 2 is 1.67 bits per heavy atom. The molecule has 6 nitrogen and oxygen atoms in total. The molecule has 0 bridgehead atoms. The third-order valence-electron chi connectivity index (χ3n) is 3.83. The lowest BCUT2D eigenvalue weighted by Crippen LogP contribution is -2.16. The fourth-order valence-electron chi connectivity index (χ4n) is 2.57. The van der Waals surface area contributed by atoms with Crippen LogP contribution in [0.25, 0.3) is 11.0 Å². The smallest absolute Gasteiger partial charge is 0.291 e. The first-order valence-electron chi connectivity index (χ1n) is 7.98. The second kappa shape index (κ2) is 6.90. The first-order chi connectivity index (χ1) is 13.0. The molecule has 2 aromatic carbocycles. The summed E-state index contributed by atoms with van der Waals surface area (Å²) in [7, 11) is -3.72. The largest absolute Gasteiger partial charge is 0.451 e. The van der Waals surface area contributed by atoms with Gasteiger partial charge in [0, 0.05) is 5.39 Å². The number of benzene rings is 2. The van der Waals surface area contributed by atoms with E-state index in [4.69, 9.17) is 4.42 Å². The maximum absolute atomic E-state index is 12.6. The number of amides is 1. The Hall–Kier alpha value is -3.10. The highest BCUT2D eigenvalue weighted by molar-refractivity contribution is 7.94. The Balaban J connectivity index is 1.60. The van der Waals surface area contributed by atoms with Gasteiger partial charge in [-0.15, -0.1) is 11.3 Å².